The van der Waals surface area contributed by atoms with Gasteiger partial charge >= 0.3 is 0 Å². The summed E-state index contributed by atoms with van der Waals surface area (Å²) >= 11 is 0. The molecule has 10 nitrogen and oxygen atoms in total. The number of pyridine rings is 1. The van der Waals surface area contributed by atoms with Crippen molar-refractivity contribution in [3.63, 3.8) is 0 Å². The Hall–Kier alpha value is -4.28. The van der Waals surface area contributed by atoms with Crippen molar-refractivity contribution in [2.45, 2.75) is 63.1 Å². The fourth-order valence-corrected chi connectivity index (χ4v) is 5.66. The predicted molar refractivity (Wildman–Crippen MR) is 160 cm³/mol. The number of carbonyl (C=O) groups excluding carboxylic acids is 2. The number of nitrogens with zero attached hydrogens (tertiary/aromatic N) is 5. The van der Waals surface area contributed by atoms with Crippen molar-refractivity contribution in [2.75, 3.05) is 41.3 Å². The molecule has 0 radical (unpaired) electrons. The Bertz CT molecular complexity index is 1430. The molecule has 1 aromatic carbocycles. The minimum atomic E-state index is -1.11. The molecule has 2 amide bonds. The van der Waals surface area contributed by atoms with Gasteiger partial charge in [0.05, 0.1) is 11.8 Å². The van der Waals surface area contributed by atoms with Gasteiger partial charge in [-0.05, 0) is 81.8 Å². The minimum Gasteiger partial charge on any atom is -0.371 e. The molecule has 0 spiro atoms. The minimum absolute atomic E-state index is 0.0464. The molecule has 4 N–H and O–H groups in total. The Balaban J connectivity index is 1.12. The molecular weight excluding hydrogens is 535 g/mol. The van der Waals surface area contributed by atoms with E-state index in [4.69, 9.17) is 10.7 Å². The molecule has 3 fully saturated rings. The van der Waals surface area contributed by atoms with Crippen molar-refractivity contribution >= 4 is 34.8 Å². The molecule has 42 heavy (non-hydrogen) atoms. The number of nitrogens with two attached hydrogens (primary N) is 1. The molecule has 220 valence electrons. The molecule has 6 rings (SSSR count). The normalized spacial score (nSPS) is 20.2. The zero-order valence-corrected chi connectivity index (χ0v) is 23.9. The van der Waals surface area contributed by atoms with Crippen LogP contribution in [0.1, 0.15) is 77.9 Å². The summed E-state index contributed by atoms with van der Waals surface area (Å²) in [5.41, 5.74) is 7.91. The first-order valence-corrected chi connectivity index (χ1v) is 14.7. The van der Waals surface area contributed by atoms with Crippen LogP contribution >= 0.6 is 0 Å². The number of benzene rings is 1. The number of piperidine rings is 2. The van der Waals surface area contributed by atoms with Gasteiger partial charge in [-0.1, -0.05) is 0 Å². The lowest BCUT2D eigenvalue weighted by Crippen LogP contribution is -2.48. The van der Waals surface area contributed by atoms with Gasteiger partial charge < -0.3 is 26.2 Å². The van der Waals surface area contributed by atoms with Crippen molar-refractivity contribution in [3.8, 4) is 0 Å². The van der Waals surface area contributed by atoms with Crippen LogP contribution < -0.4 is 26.2 Å². The second kappa shape index (κ2) is 11.5. The molecule has 11 heteroatoms. The third kappa shape index (κ3) is 6.45. The summed E-state index contributed by atoms with van der Waals surface area (Å²) in [6, 6.07) is 11.5. The van der Waals surface area contributed by atoms with Gasteiger partial charge in [0.15, 0.2) is 11.5 Å². The molecule has 0 unspecified atom stereocenters. The maximum atomic E-state index is 14.2. The van der Waals surface area contributed by atoms with Crippen LogP contribution in [-0.4, -0.2) is 64.7 Å². The number of carbonyl (C=O) groups is 2. The van der Waals surface area contributed by atoms with Crippen LogP contribution in [-0.2, 0) is 0 Å². The van der Waals surface area contributed by atoms with Crippen molar-refractivity contribution in [2.24, 2.45) is 5.73 Å². The lowest BCUT2D eigenvalue weighted by Gasteiger charge is -2.35. The summed E-state index contributed by atoms with van der Waals surface area (Å²) in [5, 5.41) is 6.34. The molecule has 3 aromatic rings. The number of hydrogen-bond donors (Lipinski definition) is 3. The number of alkyl halides is 1. The highest BCUT2D eigenvalue weighted by atomic mass is 19.1. The molecule has 2 saturated heterocycles. The number of hydrogen-bond acceptors (Lipinski definition) is 8. The second-order valence-electron chi connectivity index (χ2n) is 11.9. The van der Waals surface area contributed by atoms with Gasteiger partial charge in [-0.3, -0.25) is 14.6 Å². The number of amides is 2. The van der Waals surface area contributed by atoms with Crippen LogP contribution in [0.4, 0.5) is 27.4 Å². The van der Waals surface area contributed by atoms with Gasteiger partial charge in [0, 0.05) is 61.4 Å². The fourth-order valence-electron chi connectivity index (χ4n) is 5.66. The van der Waals surface area contributed by atoms with E-state index >= 15 is 0 Å². The summed E-state index contributed by atoms with van der Waals surface area (Å²) < 4.78 is 14.2. The first-order chi connectivity index (χ1) is 20.2. The summed E-state index contributed by atoms with van der Waals surface area (Å²) in [5.74, 6) is 0.592. The van der Waals surface area contributed by atoms with Gasteiger partial charge in [-0.25, -0.2) is 14.4 Å². The first-order valence-electron chi connectivity index (χ1n) is 14.7. The standard InChI is InChI=1S/C31H37FN8O2/c1-31(32)12-15-39(16-13-31)24-9-7-22(8-10-24)36-29-27(28(33)41)35-18-26(38-29)40-14-2-3-23(19-40)37-30(42)21-6-11-25(34-17-21)20-4-5-20/h6-11,17-18,20,23H,2-5,12-16,19H2,1H3,(H2,33,41)(H,36,38)(H,37,42)/t23-/m1/s1. The molecule has 1 atom stereocenters. The summed E-state index contributed by atoms with van der Waals surface area (Å²) in [6.45, 7) is 4.30. The molecule has 4 heterocycles. The Kier molecular flexibility index (Phi) is 7.66. The van der Waals surface area contributed by atoms with Gasteiger partial charge in [-0.15, -0.1) is 0 Å². The highest BCUT2D eigenvalue weighted by Gasteiger charge is 2.30. The van der Waals surface area contributed by atoms with Crippen LogP contribution in [0.3, 0.4) is 0 Å². The number of primary amides is 1. The predicted octanol–water partition coefficient (Wildman–Crippen LogP) is 4.32. The SMILES string of the molecule is CC1(F)CCN(c2ccc(Nc3nc(N4CCC[C@@H](NC(=O)c5ccc(C6CC6)nc5)C4)cnc3C(N)=O)cc2)CC1. The molecule has 2 aromatic heterocycles. The van der Waals surface area contributed by atoms with E-state index in [9.17, 15) is 14.0 Å². The van der Waals surface area contributed by atoms with Crippen molar-refractivity contribution in [1.82, 2.24) is 20.3 Å². The smallest absolute Gasteiger partial charge is 0.271 e. The lowest BCUT2D eigenvalue weighted by atomic mass is 9.95. The van der Waals surface area contributed by atoms with E-state index in [0.29, 0.717) is 49.8 Å². The Morgan fingerprint density at radius 3 is 2.40 bits per heavy atom. The number of rotatable bonds is 8. The molecule has 3 aliphatic rings. The van der Waals surface area contributed by atoms with Crippen LogP contribution in [0.15, 0.2) is 48.8 Å². The van der Waals surface area contributed by atoms with Crippen LogP contribution in [0.25, 0.3) is 0 Å². The molecule has 2 aliphatic heterocycles. The van der Waals surface area contributed by atoms with E-state index in [-0.39, 0.29) is 23.5 Å². The van der Waals surface area contributed by atoms with Gasteiger partial charge in [0.25, 0.3) is 11.8 Å². The van der Waals surface area contributed by atoms with Gasteiger partial charge in [0.1, 0.15) is 11.5 Å². The topological polar surface area (TPSA) is 129 Å². The van der Waals surface area contributed by atoms with Crippen LogP contribution in [0.5, 0.6) is 0 Å². The zero-order chi connectivity index (χ0) is 29.3. The summed E-state index contributed by atoms with van der Waals surface area (Å²) in [7, 11) is 0. The quantitative estimate of drug-likeness (QED) is 0.364. The Morgan fingerprint density at radius 2 is 1.74 bits per heavy atom. The van der Waals surface area contributed by atoms with E-state index in [1.54, 1.807) is 19.3 Å². The monoisotopic (exact) mass is 572 g/mol. The number of nitrogens with one attached hydrogen (secondary N) is 2. The maximum absolute atomic E-state index is 14.2. The summed E-state index contributed by atoms with van der Waals surface area (Å²) in [6.07, 6.45) is 8.27. The molecule has 1 saturated carbocycles. The third-order valence-corrected chi connectivity index (χ3v) is 8.42. The van der Waals surface area contributed by atoms with Crippen molar-refractivity contribution in [3.05, 3.63) is 65.7 Å². The first kappa shape index (κ1) is 27.9. The summed E-state index contributed by atoms with van der Waals surface area (Å²) in [4.78, 5) is 42.8. The van der Waals surface area contributed by atoms with Gasteiger partial charge in [-0.2, -0.15) is 0 Å². The lowest BCUT2D eigenvalue weighted by molar-refractivity contribution is 0.0931. The van der Waals surface area contributed by atoms with Crippen LogP contribution in [0.2, 0.25) is 0 Å². The number of halogens is 1. The van der Waals surface area contributed by atoms with Crippen molar-refractivity contribution in [1.29, 1.82) is 0 Å². The molecule has 0 bridgehead atoms. The average molecular weight is 573 g/mol. The van der Waals surface area contributed by atoms with E-state index in [2.05, 4.69) is 30.4 Å². The van der Waals surface area contributed by atoms with Gasteiger partial charge in [0.2, 0.25) is 0 Å². The van der Waals surface area contributed by atoms with E-state index in [0.717, 1.165) is 36.5 Å². The molecular formula is C31H37FN8O2. The number of anilines is 4. The highest BCUT2D eigenvalue weighted by molar-refractivity contribution is 5.96. The van der Waals surface area contributed by atoms with E-state index in [1.165, 1.54) is 12.8 Å². The Labute approximate surface area is 244 Å². The number of aromatic nitrogens is 3. The maximum Gasteiger partial charge on any atom is 0.271 e. The van der Waals surface area contributed by atoms with E-state index in [1.807, 2.05) is 36.4 Å². The third-order valence-electron chi connectivity index (χ3n) is 8.42. The fraction of sp³-hybridized carbons (Fsp3) is 0.452. The average Bonchev–Trinajstić information content (AvgIpc) is 3.84. The largest absolute Gasteiger partial charge is 0.371 e. The zero-order valence-electron chi connectivity index (χ0n) is 23.9. The highest BCUT2D eigenvalue weighted by Crippen LogP contribution is 2.38. The second-order valence-corrected chi connectivity index (χ2v) is 11.9. The Morgan fingerprint density at radius 1 is 0.976 bits per heavy atom. The van der Waals surface area contributed by atoms with E-state index < -0.39 is 11.6 Å². The molecule has 1 aliphatic carbocycles. The van der Waals surface area contributed by atoms with Crippen LogP contribution in [0, 0.1) is 0 Å². The van der Waals surface area contributed by atoms with Crippen molar-refractivity contribution < 1.29 is 14.0 Å².